The van der Waals surface area contributed by atoms with Crippen LogP contribution in [-0.2, 0) is 0 Å². The van der Waals surface area contributed by atoms with Crippen molar-refractivity contribution in [2.75, 3.05) is 19.6 Å². The molecule has 0 aromatic rings. The Kier molecular flexibility index (Phi) is 146. The van der Waals surface area contributed by atoms with Gasteiger partial charge in [-0.1, -0.05) is 20.8 Å². The molecule has 0 atom stereocenters. The van der Waals surface area contributed by atoms with Crippen molar-refractivity contribution in [3.8, 4) is 0 Å². The Morgan fingerprint density at radius 2 is 0.769 bits per heavy atom. The first kappa shape index (κ1) is 49.0. The molecule has 86 valence electrons. The van der Waals surface area contributed by atoms with Crippen LogP contribution in [0.3, 0.4) is 0 Å². The molecule has 0 aromatic heterocycles. The fourth-order valence-corrected chi connectivity index (χ4v) is 0.671. The minimum atomic E-state index is 0. The van der Waals surface area contributed by atoms with Crippen LogP contribution >= 0.6 is 0 Å². The maximum absolute atomic E-state index is 2.38. The third-order valence-corrected chi connectivity index (χ3v) is 1.34. The topological polar surface area (TPSA) is 161 Å². The molecule has 0 amide bonds. The quantitative estimate of drug-likeness (QED) is 0.440. The normalized spacial score (nSPS) is 5.54. The van der Waals surface area contributed by atoms with Crippen LogP contribution in [0.25, 0.3) is 0 Å². The van der Waals surface area contributed by atoms with E-state index in [9.17, 15) is 0 Å². The van der Waals surface area contributed by atoms with Gasteiger partial charge in [0, 0.05) is 0 Å². The summed E-state index contributed by atoms with van der Waals surface area (Å²) in [5.74, 6) is 0. The number of nitrogens with zero attached hydrogens (tertiary/aromatic N) is 1. The van der Waals surface area contributed by atoms with Gasteiger partial charge >= 0.3 is 29.6 Å². The molecule has 0 heterocycles. The number of hydrogen-bond acceptors (Lipinski definition) is 1. The van der Waals surface area contributed by atoms with E-state index in [1.54, 1.807) is 0 Å². The van der Waals surface area contributed by atoms with Gasteiger partial charge in [0.15, 0.2) is 0 Å². The van der Waals surface area contributed by atoms with E-state index in [2.05, 4.69) is 25.7 Å². The Labute approximate surface area is 102 Å². The Balaban J connectivity index is -0.0000000120. The van der Waals surface area contributed by atoms with Gasteiger partial charge in [-0.05, 0) is 19.6 Å². The number of hydrogen-bond donors (Lipinski definition) is 0. The molecule has 0 spiro atoms. The van der Waals surface area contributed by atoms with Crippen LogP contribution in [0.2, 0.25) is 0 Å². The van der Waals surface area contributed by atoms with Crippen molar-refractivity contribution in [3.05, 3.63) is 0 Å². The van der Waals surface area contributed by atoms with E-state index < -0.39 is 0 Å². The third-order valence-electron chi connectivity index (χ3n) is 1.34. The Morgan fingerprint density at radius 3 is 0.769 bits per heavy atom. The summed E-state index contributed by atoms with van der Waals surface area (Å²) in [5.41, 5.74) is 0. The van der Waals surface area contributed by atoms with Crippen molar-refractivity contribution >= 4 is 29.6 Å². The summed E-state index contributed by atoms with van der Waals surface area (Å²) in [6.45, 7) is 10.1. The van der Waals surface area contributed by atoms with Crippen molar-refractivity contribution in [1.29, 1.82) is 0 Å². The molecule has 0 saturated carbocycles. The first-order chi connectivity index (χ1) is 3.35. The molecule has 0 aliphatic rings. The summed E-state index contributed by atoms with van der Waals surface area (Å²) < 4.78 is 0. The first-order valence-corrected chi connectivity index (χ1v) is 3.07. The van der Waals surface area contributed by atoms with Gasteiger partial charge < -0.3 is 32.3 Å². The average molecular weight is 215 g/mol. The molecule has 6 nitrogen and oxygen atoms in total. The van der Waals surface area contributed by atoms with Gasteiger partial charge in [-0.2, -0.15) is 0 Å². The molecule has 0 aliphatic heterocycles. The molecule has 0 aromatic carbocycles. The van der Waals surface area contributed by atoms with E-state index in [1.165, 1.54) is 19.6 Å². The van der Waals surface area contributed by atoms with Crippen molar-refractivity contribution in [1.82, 2.24) is 4.90 Å². The fraction of sp³-hybridized carbons (Fsp3) is 1.00. The summed E-state index contributed by atoms with van der Waals surface area (Å²) >= 11 is 0. The zero-order valence-corrected chi connectivity index (χ0v) is 8.07. The van der Waals surface area contributed by atoms with Crippen molar-refractivity contribution in [2.24, 2.45) is 0 Å². The van der Waals surface area contributed by atoms with Gasteiger partial charge in [-0.15, -0.1) is 0 Å². The predicted octanol–water partition coefficient (Wildman–Crippen LogP) is -3.42. The van der Waals surface area contributed by atoms with Gasteiger partial charge in [-0.3, -0.25) is 0 Å². The maximum atomic E-state index is 2.38. The summed E-state index contributed by atoms with van der Waals surface area (Å²) in [7, 11) is 0. The Morgan fingerprint density at radius 1 is 0.615 bits per heavy atom. The van der Waals surface area contributed by atoms with Gasteiger partial charge in [0.25, 0.3) is 0 Å². The average Bonchev–Trinajstić information content (AvgIpc) is 1.72. The zero-order valence-electron chi connectivity index (χ0n) is 8.07. The standard InChI is InChI=1S/C6H15N.Na.5H2O.H/c1-4-7(5-2)6-3;;;;;;;/h4-6H2,1-3H3;;5*1H2;. The van der Waals surface area contributed by atoms with Crippen LogP contribution in [0, 0.1) is 0 Å². The van der Waals surface area contributed by atoms with Crippen LogP contribution in [0.1, 0.15) is 20.8 Å². The summed E-state index contributed by atoms with van der Waals surface area (Å²) in [4.78, 5) is 2.38. The molecule has 0 bridgehead atoms. The van der Waals surface area contributed by atoms with Gasteiger partial charge in [0.2, 0.25) is 0 Å². The summed E-state index contributed by atoms with van der Waals surface area (Å²) in [5, 5.41) is 0. The molecule has 10 N–H and O–H groups in total. The van der Waals surface area contributed by atoms with Crippen LogP contribution in [0.5, 0.6) is 0 Å². The van der Waals surface area contributed by atoms with Gasteiger partial charge in [0.05, 0.1) is 0 Å². The first-order valence-electron chi connectivity index (χ1n) is 3.07. The Bertz CT molecular complexity index is 42.5. The molecule has 7 heteroatoms. The Hall–Kier alpha value is 0.760. The molecule has 0 fully saturated rings. The van der Waals surface area contributed by atoms with Crippen LogP contribution < -0.4 is 0 Å². The SMILES string of the molecule is CCN(CC)CC.O.O.O.O.O.[NaH]. The molecule has 0 rings (SSSR count). The van der Waals surface area contributed by atoms with Crippen LogP contribution in [-0.4, -0.2) is 81.5 Å². The number of rotatable bonds is 3. The summed E-state index contributed by atoms with van der Waals surface area (Å²) in [6, 6.07) is 0. The molecular formula is C6H26NNaO5. The molecular weight excluding hydrogens is 189 g/mol. The summed E-state index contributed by atoms with van der Waals surface area (Å²) in [6.07, 6.45) is 0. The molecule has 0 radical (unpaired) electrons. The molecule has 13 heavy (non-hydrogen) atoms. The van der Waals surface area contributed by atoms with E-state index in [1.807, 2.05) is 0 Å². The van der Waals surface area contributed by atoms with Crippen LogP contribution in [0.15, 0.2) is 0 Å². The van der Waals surface area contributed by atoms with E-state index in [-0.39, 0.29) is 56.9 Å². The van der Waals surface area contributed by atoms with Crippen molar-refractivity contribution in [2.45, 2.75) is 20.8 Å². The van der Waals surface area contributed by atoms with E-state index in [0.29, 0.717) is 0 Å². The zero-order chi connectivity index (χ0) is 5.70. The van der Waals surface area contributed by atoms with E-state index >= 15 is 0 Å². The van der Waals surface area contributed by atoms with Crippen molar-refractivity contribution in [3.63, 3.8) is 0 Å². The van der Waals surface area contributed by atoms with E-state index in [0.717, 1.165) is 0 Å². The molecule has 0 unspecified atom stereocenters. The molecule has 0 aliphatic carbocycles. The van der Waals surface area contributed by atoms with E-state index in [4.69, 9.17) is 0 Å². The third kappa shape index (κ3) is 32.3. The second-order valence-electron chi connectivity index (χ2n) is 1.62. The van der Waals surface area contributed by atoms with Crippen molar-refractivity contribution < 1.29 is 27.4 Å². The molecule has 0 saturated heterocycles. The minimum absolute atomic E-state index is 0. The predicted molar refractivity (Wildman–Crippen MR) is 58.7 cm³/mol. The van der Waals surface area contributed by atoms with Crippen LogP contribution in [0.4, 0.5) is 0 Å². The monoisotopic (exact) mass is 215 g/mol. The fourth-order valence-electron chi connectivity index (χ4n) is 0.671. The van der Waals surface area contributed by atoms with Gasteiger partial charge in [0.1, 0.15) is 0 Å². The second kappa shape index (κ2) is 38.6. The second-order valence-corrected chi connectivity index (χ2v) is 1.62. The van der Waals surface area contributed by atoms with Gasteiger partial charge in [-0.25, -0.2) is 0 Å².